The number of benzene rings is 1. The number of nitrogens with zero attached hydrogens (tertiary/aromatic N) is 1. The molecular formula is C20H31N3S. The number of piperidine rings is 1. The number of aryl methyl sites for hydroxylation is 1. The van der Waals surface area contributed by atoms with Gasteiger partial charge < -0.3 is 10.6 Å². The van der Waals surface area contributed by atoms with E-state index in [-0.39, 0.29) is 0 Å². The number of nitrogens with one attached hydrogen (secondary N) is 2. The van der Waals surface area contributed by atoms with Gasteiger partial charge in [-0.3, -0.25) is 4.90 Å². The minimum Gasteiger partial charge on any atom is -0.361 e. The smallest absolute Gasteiger partial charge is 0.170 e. The Labute approximate surface area is 152 Å². The minimum atomic E-state index is 0.317. The van der Waals surface area contributed by atoms with Gasteiger partial charge in [0.15, 0.2) is 5.11 Å². The second kappa shape index (κ2) is 8.30. The number of likely N-dealkylation sites (tertiary alicyclic amines) is 1. The molecule has 1 aliphatic carbocycles. The van der Waals surface area contributed by atoms with Gasteiger partial charge in [-0.15, -0.1) is 0 Å². The number of hydrogen-bond acceptors (Lipinski definition) is 2. The van der Waals surface area contributed by atoms with E-state index in [0.717, 1.165) is 17.3 Å². The summed E-state index contributed by atoms with van der Waals surface area (Å²) in [6.07, 6.45) is 10.8. The van der Waals surface area contributed by atoms with Gasteiger partial charge >= 0.3 is 0 Å². The maximum atomic E-state index is 5.55. The van der Waals surface area contributed by atoms with E-state index in [4.69, 9.17) is 12.2 Å². The molecule has 4 heteroatoms. The van der Waals surface area contributed by atoms with Gasteiger partial charge in [-0.2, -0.15) is 0 Å². The maximum absolute atomic E-state index is 5.55. The monoisotopic (exact) mass is 345 g/mol. The lowest BCUT2D eigenvalue weighted by Gasteiger charge is -2.48. The van der Waals surface area contributed by atoms with Crippen LogP contribution in [-0.4, -0.2) is 35.2 Å². The Hall–Kier alpha value is -1.13. The molecule has 3 rings (SSSR count). The van der Waals surface area contributed by atoms with Gasteiger partial charge in [0.1, 0.15) is 0 Å². The summed E-state index contributed by atoms with van der Waals surface area (Å²) in [6.45, 7) is 5.61. The zero-order chi connectivity index (χ0) is 16.8. The highest BCUT2D eigenvalue weighted by Crippen LogP contribution is 2.35. The first-order valence-electron chi connectivity index (χ1n) is 9.55. The highest BCUT2D eigenvalue weighted by molar-refractivity contribution is 7.80. The fourth-order valence-electron chi connectivity index (χ4n) is 4.24. The van der Waals surface area contributed by atoms with Crippen molar-refractivity contribution in [3.05, 3.63) is 29.8 Å². The molecule has 0 spiro atoms. The molecule has 2 fully saturated rings. The molecule has 1 heterocycles. The number of thiocarbonyl (C=S) groups is 1. The molecule has 132 valence electrons. The van der Waals surface area contributed by atoms with E-state index in [2.05, 4.69) is 46.7 Å². The van der Waals surface area contributed by atoms with E-state index in [1.807, 2.05) is 0 Å². The molecule has 0 radical (unpaired) electrons. The number of anilines is 1. The average Bonchev–Trinajstić information content (AvgIpc) is 2.63. The van der Waals surface area contributed by atoms with Crippen LogP contribution in [0, 0.1) is 6.92 Å². The summed E-state index contributed by atoms with van der Waals surface area (Å²) in [4.78, 5) is 2.76. The summed E-state index contributed by atoms with van der Waals surface area (Å²) >= 11 is 5.55. The van der Waals surface area contributed by atoms with Crippen LogP contribution in [0.2, 0.25) is 0 Å². The fourth-order valence-corrected chi connectivity index (χ4v) is 4.43. The second-order valence-electron chi connectivity index (χ2n) is 7.51. The first kappa shape index (κ1) is 17.7. The van der Waals surface area contributed by atoms with E-state index in [9.17, 15) is 0 Å². The van der Waals surface area contributed by atoms with Gasteiger partial charge in [0, 0.05) is 17.8 Å². The molecular weight excluding hydrogens is 314 g/mol. The van der Waals surface area contributed by atoms with Crippen LogP contribution in [0.3, 0.4) is 0 Å². The van der Waals surface area contributed by atoms with Crippen LogP contribution in [0.5, 0.6) is 0 Å². The molecule has 0 unspecified atom stereocenters. The molecule has 1 saturated heterocycles. The summed E-state index contributed by atoms with van der Waals surface area (Å²) in [5, 5.41) is 7.61. The fraction of sp³-hybridized carbons (Fsp3) is 0.650. The molecule has 0 atom stereocenters. The highest BCUT2D eigenvalue weighted by atomic mass is 32.1. The van der Waals surface area contributed by atoms with Crippen molar-refractivity contribution in [1.29, 1.82) is 0 Å². The summed E-state index contributed by atoms with van der Waals surface area (Å²) in [5.74, 6) is 0. The largest absolute Gasteiger partial charge is 0.361 e. The van der Waals surface area contributed by atoms with Crippen LogP contribution in [-0.2, 0) is 0 Å². The first-order valence-corrected chi connectivity index (χ1v) is 9.95. The van der Waals surface area contributed by atoms with Crippen molar-refractivity contribution in [3.63, 3.8) is 0 Å². The molecule has 2 aliphatic rings. The number of hydrogen-bond donors (Lipinski definition) is 2. The standard InChI is InChI=1S/C20H31N3S/c1-17-8-10-18(11-9-17)22-19(24)21-16-20(12-4-2-5-13-20)23-14-6-3-7-15-23/h8-11H,2-7,12-16H2,1H3,(H2,21,22,24). The Morgan fingerprint density at radius 1 is 1.00 bits per heavy atom. The molecule has 1 aliphatic heterocycles. The van der Waals surface area contributed by atoms with Crippen molar-refractivity contribution < 1.29 is 0 Å². The van der Waals surface area contributed by atoms with Crippen LogP contribution < -0.4 is 10.6 Å². The van der Waals surface area contributed by atoms with Crippen LogP contribution >= 0.6 is 12.2 Å². The van der Waals surface area contributed by atoms with Crippen LogP contribution in [0.4, 0.5) is 5.69 Å². The zero-order valence-corrected chi connectivity index (χ0v) is 15.8. The summed E-state index contributed by atoms with van der Waals surface area (Å²) in [5.41, 5.74) is 2.65. The molecule has 0 aromatic heterocycles. The molecule has 0 amide bonds. The van der Waals surface area contributed by atoms with Gasteiger partial charge in [-0.25, -0.2) is 0 Å². The molecule has 3 nitrogen and oxygen atoms in total. The average molecular weight is 346 g/mol. The lowest BCUT2D eigenvalue weighted by molar-refractivity contribution is 0.0371. The van der Waals surface area contributed by atoms with Gasteiger partial charge in [0.2, 0.25) is 0 Å². The third-order valence-corrected chi connectivity index (χ3v) is 5.94. The Morgan fingerprint density at radius 3 is 2.29 bits per heavy atom. The van der Waals surface area contributed by atoms with E-state index in [0.29, 0.717) is 5.54 Å². The Kier molecular flexibility index (Phi) is 6.12. The van der Waals surface area contributed by atoms with Gasteiger partial charge in [-0.05, 0) is 70.0 Å². The van der Waals surface area contributed by atoms with Crippen molar-refractivity contribution in [2.45, 2.75) is 63.8 Å². The highest BCUT2D eigenvalue weighted by Gasteiger charge is 2.38. The zero-order valence-electron chi connectivity index (χ0n) is 14.9. The SMILES string of the molecule is Cc1ccc(NC(=S)NCC2(N3CCCCC3)CCCCC2)cc1. The first-order chi connectivity index (χ1) is 11.7. The van der Waals surface area contributed by atoms with E-state index >= 15 is 0 Å². The van der Waals surface area contributed by atoms with Crippen LogP contribution in [0.1, 0.15) is 56.9 Å². The summed E-state index contributed by atoms with van der Waals surface area (Å²) in [6, 6.07) is 8.40. The molecule has 1 aromatic rings. The lowest BCUT2D eigenvalue weighted by Crippen LogP contribution is -2.58. The normalized spacial score (nSPS) is 21.2. The van der Waals surface area contributed by atoms with Crippen molar-refractivity contribution in [1.82, 2.24) is 10.2 Å². The Balaban J connectivity index is 1.58. The molecule has 0 bridgehead atoms. The lowest BCUT2D eigenvalue weighted by atomic mass is 9.79. The van der Waals surface area contributed by atoms with Gasteiger partial charge in [-0.1, -0.05) is 43.4 Å². The maximum Gasteiger partial charge on any atom is 0.170 e. The molecule has 1 aromatic carbocycles. The molecule has 1 saturated carbocycles. The topological polar surface area (TPSA) is 27.3 Å². The van der Waals surface area contributed by atoms with Crippen LogP contribution in [0.25, 0.3) is 0 Å². The van der Waals surface area contributed by atoms with Crippen molar-refractivity contribution >= 4 is 23.0 Å². The van der Waals surface area contributed by atoms with E-state index in [1.165, 1.54) is 70.0 Å². The van der Waals surface area contributed by atoms with E-state index < -0.39 is 0 Å². The summed E-state index contributed by atoms with van der Waals surface area (Å²) in [7, 11) is 0. The summed E-state index contributed by atoms with van der Waals surface area (Å²) < 4.78 is 0. The Morgan fingerprint density at radius 2 is 1.62 bits per heavy atom. The van der Waals surface area contributed by atoms with Crippen molar-refractivity contribution in [3.8, 4) is 0 Å². The number of rotatable bonds is 4. The van der Waals surface area contributed by atoms with Crippen molar-refractivity contribution in [2.75, 3.05) is 25.0 Å². The minimum absolute atomic E-state index is 0.317. The second-order valence-corrected chi connectivity index (χ2v) is 7.91. The predicted octanol–water partition coefficient (Wildman–Crippen LogP) is 4.47. The molecule has 24 heavy (non-hydrogen) atoms. The van der Waals surface area contributed by atoms with Crippen molar-refractivity contribution in [2.24, 2.45) is 0 Å². The third kappa shape index (κ3) is 4.48. The van der Waals surface area contributed by atoms with E-state index in [1.54, 1.807) is 0 Å². The van der Waals surface area contributed by atoms with Gasteiger partial charge in [0.25, 0.3) is 0 Å². The van der Waals surface area contributed by atoms with Gasteiger partial charge in [0.05, 0.1) is 0 Å². The Bertz CT molecular complexity index is 528. The predicted molar refractivity (Wildman–Crippen MR) is 107 cm³/mol. The third-order valence-electron chi connectivity index (χ3n) is 5.70. The quantitative estimate of drug-likeness (QED) is 0.787. The van der Waals surface area contributed by atoms with Crippen LogP contribution in [0.15, 0.2) is 24.3 Å². The molecule has 2 N–H and O–H groups in total.